The van der Waals surface area contributed by atoms with Gasteiger partial charge in [-0.15, -0.1) is 11.3 Å². The van der Waals surface area contributed by atoms with Crippen LogP contribution in [0.3, 0.4) is 0 Å². The van der Waals surface area contributed by atoms with Gasteiger partial charge in [-0.2, -0.15) is 5.10 Å². The van der Waals surface area contributed by atoms with Crippen LogP contribution in [0.5, 0.6) is 0 Å². The van der Waals surface area contributed by atoms with Crippen molar-refractivity contribution in [2.24, 2.45) is 0 Å². The standard InChI is InChI=1S/C22H18ClF2N3O2S/c23-19-8-7-18(31-19)22-16-10-15(5-6-17(16)28(27-22)12-20(24)25)26-11-14-3-1-13(2-4-14)9-21(29)30/h1-8,10,20,26H,9,11-12H2,(H,29,30). The molecule has 0 unspecified atom stereocenters. The monoisotopic (exact) mass is 461 g/mol. The topological polar surface area (TPSA) is 67.2 Å². The molecule has 0 aliphatic carbocycles. The van der Waals surface area contributed by atoms with Crippen LogP contribution in [-0.2, 0) is 24.3 Å². The molecule has 2 aromatic carbocycles. The molecule has 0 aliphatic heterocycles. The maximum Gasteiger partial charge on any atom is 0.307 e. The average molecular weight is 462 g/mol. The number of halogens is 3. The van der Waals surface area contributed by atoms with Crippen LogP contribution in [0, 0.1) is 0 Å². The highest BCUT2D eigenvalue weighted by molar-refractivity contribution is 7.19. The van der Waals surface area contributed by atoms with Crippen molar-refractivity contribution >= 4 is 45.5 Å². The van der Waals surface area contributed by atoms with Crippen LogP contribution in [0.15, 0.2) is 54.6 Å². The highest BCUT2D eigenvalue weighted by atomic mass is 35.5. The molecule has 0 fully saturated rings. The lowest BCUT2D eigenvalue weighted by Crippen LogP contribution is -2.07. The lowest BCUT2D eigenvalue weighted by Gasteiger charge is -2.08. The molecular formula is C22H18ClF2N3O2S. The van der Waals surface area contributed by atoms with Crippen LogP contribution in [0.4, 0.5) is 14.5 Å². The first kappa shape index (κ1) is 21.3. The first-order valence-corrected chi connectivity index (χ1v) is 10.7. The van der Waals surface area contributed by atoms with Gasteiger partial charge >= 0.3 is 5.97 Å². The highest BCUT2D eigenvalue weighted by Gasteiger charge is 2.17. The van der Waals surface area contributed by atoms with Gasteiger partial charge in [0.2, 0.25) is 0 Å². The van der Waals surface area contributed by atoms with Gasteiger partial charge in [-0.3, -0.25) is 9.48 Å². The Kier molecular flexibility index (Phi) is 6.20. The number of aromatic nitrogens is 2. The zero-order chi connectivity index (χ0) is 22.0. The molecule has 0 amide bonds. The Morgan fingerprint density at radius 1 is 1.13 bits per heavy atom. The summed E-state index contributed by atoms with van der Waals surface area (Å²) in [7, 11) is 0. The Bertz CT molecular complexity index is 1220. The minimum Gasteiger partial charge on any atom is -0.481 e. The van der Waals surface area contributed by atoms with E-state index in [1.54, 1.807) is 24.3 Å². The molecule has 0 aliphatic rings. The van der Waals surface area contributed by atoms with E-state index in [1.165, 1.54) is 16.0 Å². The summed E-state index contributed by atoms with van der Waals surface area (Å²) in [6.45, 7) is 0.0509. The number of nitrogens with one attached hydrogen (secondary N) is 1. The molecule has 0 atom stereocenters. The number of carbonyl (C=O) groups is 1. The zero-order valence-corrected chi connectivity index (χ0v) is 17.8. The summed E-state index contributed by atoms with van der Waals surface area (Å²) in [5.41, 5.74) is 3.80. The lowest BCUT2D eigenvalue weighted by molar-refractivity contribution is -0.136. The number of nitrogens with zero attached hydrogens (tertiary/aromatic N) is 2. The largest absolute Gasteiger partial charge is 0.481 e. The van der Waals surface area contributed by atoms with Crippen molar-refractivity contribution < 1.29 is 18.7 Å². The van der Waals surface area contributed by atoms with E-state index in [0.717, 1.165) is 27.1 Å². The van der Waals surface area contributed by atoms with Gasteiger partial charge in [0.25, 0.3) is 6.43 Å². The van der Waals surface area contributed by atoms with Gasteiger partial charge in [0.1, 0.15) is 12.2 Å². The molecule has 4 aromatic rings. The van der Waals surface area contributed by atoms with Gasteiger partial charge in [-0.05, 0) is 41.5 Å². The van der Waals surface area contributed by atoms with E-state index in [1.807, 2.05) is 30.3 Å². The number of aliphatic carboxylic acids is 1. The maximum atomic E-state index is 13.0. The number of rotatable bonds is 8. The van der Waals surface area contributed by atoms with Crippen molar-refractivity contribution in [2.75, 3.05) is 5.32 Å². The SMILES string of the molecule is O=C(O)Cc1ccc(CNc2ccc3c(c2)c(-c2ccc(Cl)s2)nn3CC(F)F)cc1. The molecule has 160 valence electrons. The third-order valence-corrected chi connectivity index (χ3v) is 5.98. The van der Waals surface area contributed by atoms with Crippen molar-refractivity contribution in [3.8, 4) is 10.6 Å². The van der Waals surface area contributed by atoms with E-state index in [-0.39, 0.29) is 6.42 Å². The fourth-order valence-corrected chi connectivity index (χ4v) is 4.38. The maximum absolute atomic E-state index is 13.0. The van der Waals surface area contributed by atoms with Gasteiger partial charge in [0.15, 0.2) is 0 Å². The molecule has 0 radical (unpaired) electrons. The van der Waals surface area contributed by atoms with Crippen LogP contribution >= 0.6 is 22.9 Å². The van der Waals surface area contributed by atoms with E-state index in [4.69, 9.17) is 16.7 Å². The van der Waals surface area contributed by atoms with Crippen molar-refractivity contribution in [1.82, 2.24) is 9.78 Å². The van der Waals surface area contributed by atoms with E-state index in [0.29, 0.717) is 22.1 Å². The van der Waals surface area contributed by atoms with Gasteiger partial charge in [-0.1, -0.05) is 35.9 Å². The average Bonchev–Trinajstić information content (AvgIpc) is 3.30. The second kappa shape index (κ2) is 9.03. The number of hydrogen-bond acceptors (Lipinski definition) is 4. The Hall–Kier alpha value is -2.97. The quantitative estimate of drug-likeness (QED) is 0.341. The van der Waals surface area contributed by atoms with Gasteiger partial charge in [-0.25, -0.2) is 8.78 Å². The normalized spacial score (nSPS) is 11.4. The van der Waals surface area contributed by atoms with Crippen LogP contribution in [-0.4, -0.2) is 27.3 Å². The minimum absolute atomic E-state index is 0.0114. The second-order valence-electron chi connectivity index (χ2n) is 7.00. The summed E-state index contributed by atoms with van der Waals surface area (Å²) in [6.07, 6.45) is -2.52. The number of hydrogen-bond donors (Lipinski definition) is 2. The third-order valence-electron chi connectivity index (χ3n) is 4.74. The van der Waals surface area contributed by atoms with Crippen LogP contribution in [0.1, 0.15) is 11.1 Å². The number of anilines is 1. The molecule has 31 heavy (non-hydrogen) atoms. The number of carboxylic acids is 1. The molecular weight excluding hydrogens is 444 g/mol. The van der Waals surface area contributed by atoms with Crippen LogP contribution < -0.4 is 5.32 Å². The fourth-order valence-electron chi connectivity index (χ4n) is 3.34. The fraction of sp³-hybridized carbons (Fsp3) is 0.182. The number of benzene rings is 2. The smallest absolute Gasteiger partial charge is 0.307 e. The van der Waals surface area contributed by atoms with E-state index >= 15 is 0 Å². The predicted octanol–water partition coefficient (Wildman–Crippen LogP) is 5.92. The summed E-state index contributed by atoms with van der Waals surface area (Å²) < 4.78 is 28.0. The molecule has 2 heterocycles. The summed E-state index contributed by atoms with van der Waals surface area (Å²) in [4.78, 5) is 11.6. The Balaban J connectivity index is 1.59. The number of carboxylic acid groups (broad SMARTS) is 1. The number of fused-ring (bicyclic) bond motifs is 1. The van der Waals surface area contributed by atoms with E-state index in [2.05, 4.69) is 10.4 Å². The van der Waals surface area contributed by atoms with E-state index < -0.39 is 18.9 Å². The second-order valence-corrected chi connectivity index (χ2v) is 8.71. The molecule has 2 aromatic heterocycles. The molecule has 5 nitrogen and oxygen atoms in total. The van der Waals surface area contributed by atoms with Crippen molar-refractivity contribution in [3.63, 3.8) is 0 Å². The first-order chi connectivity index (χ1) is 14.9. The molecule has 0 spiro atoms. The Morgan fingerprint density at radius 2 is 1.87 bits per heavy atom. The number of alkyl halides is 2. The molecule has 0 saturated heterocycles. The van der Waals surface area contributed by atoms with Gasteiger partial charge in [0.05, 0.1) is 21.2 Å². The van der Waals surface area contributed by atoms with Gasteiger partial charge < -0.3 is 10.4 Å². The van der Waals surface area contributed by atoms with E-state index in [9.17, 15) is 13.6 Å². The third kappa shape index (κ3) is 5.03. The van der Waals surface area contributed by atoms with Crippen LogP contribution in [0.2, 0.25) is 4.34 Å². The molecule has 4 rings (SSSR count). The zero-order valence-electron chi connectivity index (χ0n) is 16.2. The molecule has 9 heteroatoms. The minimum atomic E-state index is -2.51. The highest BCUT2D eigenvalue weighted by Crippen LogP contribution is 2.36. The van der Waals surface area contributed by atoms with Crippen molar-refractivity contribution in [3.05, 3.63) is 70.1 Å². The lowest BCUT2D eigenvalue weighted by atomic mass is 10.1. The molecule has 0 bridgehead atoms. The Morgan fingerprint density at radius 3 is 2.52 bits per heavy atom. The first-order valence-electron chi connectivity index (χ1n) is 9.47. The summed E-state index contributed by atoms with van der Waals surface area (Å²) in [5.74, 6) is -0.866. The van der Waals surface area contributed by atoms with Crippen molar-refractivity contribution in [2.45, 2.75) is 25.9 Å². The number of thiophene rings is 1. The predicted molar refractivity (Wildman–Crippen MR) is 119 cm³/mol. The summed E-state index contributed by atoms with van der Waals surface area (Å²) in [6, 6.07) is 16.4. The summed E-state index contributed by atoms with van der Waals surface area (Å²) in [5, 5.41) is 17.4. The Labute approximate surface area is 185 Å². The van der Waals surface area contributed by atoms with Crippen molar-refractivity contribution in [1.29, 1.82) is 0 Å². The van der Waals surface area contributed by atoms with Crippen LogP contribution in [0.25, 0.3) is 21.5 Å². The molecule has 2 N–H and O–H groups in total. The summed E-state index contributed by atoms with van der Waals surface area (Å²) >= 11 is 7.41. The molecule has 0 saturated carbocycles. The van der Waals surface area contributed by atoms with Gasteiger partial charge in [0, 0.05) is 17.6 Å².